The SMILES string of the molecule is CCCOC(=O)N[C@@H](C(=O)N1CCC[C@H]1C(=O)NCC1CCC(N)CC1)C(C)(C)SC(C)C.CCCOC(=O)N[C@@H](C(=O)N1CCC[C@H]1C(=O)NCC1CCC(N)CC1)C(C)(C)SC(C)C.O=S(=O)(O)O. The van der Waals surface area contributed by atoms with Crippen LogP contribution in [0, 0.1) is 11.8 Å². The third-order valence-corrected chi connectivity index (χ3v) is 15.6. The van der Waals surface area contributed by atoms with E-state index < -0.39 is 56.2 Å². The highest BCUT2D eigenvalue weighted by Gasteiger charge is 2.46. The first-order valence-corrected chi connectivity index (χ1v) is 28.8. The normalized spacial score (nSPS) is 23.5. The Morgan fingerprint density at radius 2 is 0.915 bits per heavy atom. The summed E-state index contributed by atoms with van der Waals surface area (Å²) in [5.74, 6) is 0.257. The minimum atomic E-state index is -4.67. The number of carbonyl (C=O) groups is 6. The first-order valence-electron chi connectivity index (χ1n) is 25.7. The number of amides is 6. The minimum absolute atomic E-state index is 0.0997. The van der Waals surface area contributed by atoms with Crippen molar-refractivity contribution in [2.75, 3.05) is 39.4 Å². The second-order valence-corrected chi connectivity index (χ2v) is 26.2. The molecule has 0 aromatic heterocycles. The second-order valence-electron chi connectivity index (χ2n) is 20.8. The van der Waals surface area contributed by atoms with Gasteiger partial charge in [-0.3, -0.25) is 28.3 Å². The van der Waals surface area contributed by atoms with Crippen molar-refractivity contribution in [3.63, 3.8) is 0 Å². The van der Waals surface area contributed by atoms with Crippen molar-refractivity contribution in [1.29, 1.82) is 0 Å². The van der Waals surface area contributed by atoms with E-state index in [-0.39, 0.29) is 46.2 Å². The minimum Gasteiger partial charge on any atom is -0.450 e. The molecule has 0 aromatic rings. The van der Waals surface area contributed by atoms with E-state index in [9.17, 15) is 28.8 Å². The molecule has 0 spiro atoms. The van der Waals surface area contributed by atoms with Crippen LogP contribution in [0.15, 0.2) is 0 Å². The van der Waals surface area contributed by atoms with E-state index in [0.29, 0.717) is 76.9 Å². The van der Waals surface area contributed by atoms with Gasteiger partial charge >= 0.3 is 22.6 Å². The summed E-state index contributed by atoms with van der Waals surface area (Å²) >= 11 is 3.26. The summed E-state index contributed by atoms with van der Waals surface area (Å²) in [7, 11) is -4.67. The molecule has 71 heavy (non-hydrogen) atoms. The number of hydrogen-bond acceptors (Lipinski definition) is 14. The molecule has 2 saturated heterocycles. The van der Waals surface area contributed by atoms with Gasteiger partial charge in [0.05, 0.1) is 13.2 Å². The van der Waals surface area contributed by atoms with Crippen LogP contribution in [0.3, 0.4) is 0 Å². The molecule has 2 heterocycles. The summed E-state index contributed by atoms with van der Waals surface area (Å²) in [6, 6.07) is -2.02. The van der Waals surface area contributed by atoms with E-state index in [0.717, 1.165) is 64.2 Å². The Morgan fingerprint density at radius 1 is 0.606 bits per heavy atom. The maximum Gasteiger partial charge on any atom is 0.407 e. The molecular formula is C48H90N8O12S3. The lowest BCUT2D eigenvalue weighted by Gasteiger charge is -2.38. The highest BCUT2D eigenvalue weighted by molar-refractivity contribution is 8.01. The maximum atomic E-state index is 13.7. The van der Waals surface area contributed by atoms with Crippen LogP contribution >= 0.6 is 23.5 Å². The first-order chi connectivity index (χ1) is 33.1. The number of carbonyl (C=O) groups excluding carboxylic acids is 6. The van der Waals surface area contributed by atoms with E-state index in [1.165, 1.54) is 0 Å². The van der Waals surface area contributed by atoms with Crippen molar-refractivity contribution in [3.8, 4) is 0 Å². The predicted molar refractivity (Wildman–Crippen MR) is 280 cm³/mol. The van der Waals surface area contributed by atoms with E-state index in [2.05, 4.69) is 49.0 Å². The van der Waals surface area contributed by atoms with Crippen LogP contribution in [0.4, 0.5) is 9.59 Å². The number of ether oxygens (including phenoxy) is 2. The van der Waals surface area contributed by atoms with Gasteiger partial charge in [-0.15, -0.1) is 0 Å². The smallest absolute Gasteiger partial charge is 0.407 e. The zero-order chi connectivity index (χ0) is 53.7. The quantitative estimate of drug-likeness (QED) is 0.0706. The Bertz CT molecular complexity index is 1670. The lowest BCUT2D eigenvalue weighted by Crippen LogP contribution is -2.60. The molecular weight excluding hydrogens is 977 g/mol. The molecule has 2 aliphatic heterocycles. The van der Waals surface area contributed by atoms with Gasteiger partial charge in [0.25, 0.3) is 0 Å². The van der Waals surface area contributed by atoms with Gasteiger partial charge in [0.15, 0.2) is 0 Å². The molecule has 0 radical (unpaired) electrons. The van der Waals surface area contributed by atoms with Crippen LogP contribution < -0.4 is 32.7 Å². The zero-order valence-corrected chi connectivity index (χ0v) is 46.6. The van der Waals surface area contributed by atoms with Gasteiger partial charge in [-0.2, -0.15) is 31.9 Å². The number of hydrogen-bond donors (Lipinski definition) is 8. The average molecular weight is 1070 g/mol. The molecule has 4 fully saturated rings. The molecule has 6 amide bonds. The van der Waals surface area contributed by atoms with Crippen molar-refractivity contribution in [2.24, 2.45) is 23.3 Å². The number of nitrogens with zero attached hydrogens (tertiary/aromatic N) is 2. The maximum absolute atomic E-state index is 13.7. The lowest BCUT2D eigenvalue weighted by molar-refractivity contribution is -0.140. The van der Waals surface area contributed by atoms with Crippen LogP contribution in [0.5, 0.6) is 0 Å². The predicted octanol–water partition coefficient (Wildman–Crippen LogP) is 5.42. The third kappa shape index (κ3) is 23.8. The Morgan fingerprint density at radius 3 is 1.20 bits per heavy atom. The summed E-state index contributed by atoms with van der Waals surface area (Å²) in [4.78, 5) is 81.5. The van der Waals surface area contributed by atoms with Crippen molar-refractivity contribution < 1.29 is 55.8 Å². The van der Waals surface area contributed by atoms with Gasteiger partial charge < -0.3 is 52.0 Å². The van der Waals surface area contributed by atoms with Gasteiger partial charge in [0, 0.05) is 47.8 Å². The summed E-state index contributed by atoms with van der Waals surface area (Å²) in [5, 5.41) is 12.3. The molecule has 4 rings (SSSR count). The fraction of sp³-hybridized carbons (Fsp3) is 0.875. The first kappa shape index (κ1) is 64.0. The summed E-state index contributed by atoms with van der Waals surface area (Å²) < 4.78 is 40.9. The summed E-state index contributed by atoms with van der Waals surface area (Å²) in [5.41, 5.74) is 12.0. The average Bonchev–Trinajstić information content (AvgIpc) is 3.98. The van der Waals surface area contributed by atoms with Crippen LogP contribution in [0.25, 0.3) is 0 Å². The fourth-order valence-corrected chi connectivity index (χ4v) is 12.6. The molecule has 0 unspecified atom stereocenters. The summed E-state index contributed by atoms with van der Waals surface area (Å²) in [6.07, 6.45) is 11.1. The number of likely N-dealkylation sites (tertiary alicyclic amines) is 2. The zero-order valence-electron chi connectivity index (χ0n) is 44.2. The standard InChI is InChI=1S/2C24H44N4O4S.H2O4S/c2*1-6-14-32-23(31)27-20(24(4,5)33-16(2)3)22(30)28-13-7-8-19(28)21(29)26-15-17-9-11-18(25)12-10-17;1-5(2,3)4/h2*16-20H,6-15,25H2,1-5H3,(H,26,29)(H,27,31);(H2,1,2,3,4)/t2*17?,18?,19-,20-;/m00./s1. The fourth-order valence-electron chi connectivity index (χ4n) is 9.57. The molecule has 2 saturated carbocycles. The van der Waals surface area contributed by atoms with Gasteiger partial charge in [0.2, 0.25) is 23.6 Å². The largest absolute Gasteiger partial charge is 0.450 e. The Hall–Kier alpha value is -3.09. The van der Waals surface area contributed by atoms with E-state index in [4.69, 9.17) is 38.5 Å². The van der Waals surface area contributed by atoms with Crippen molar-refractivity contribution in [2.45, 2.75) is 215 Å². The molecule has 0 aromatic carbocycles. The lowest BCUT2D eigenvalue weighted by atomic mass is 9.86. The molecule has 23 heteroatoms. The number of nitrogens with one attached hydrogen (secondary N) is 4. The topological polar surface area (TPSA) is 302 Å². The van der Waals surface area contributed by atoms with E-state index in [1.54, 1.807) is 33.3 Å². The van der Waals surface area contributed by atoms with Crippen molar-refractivity contribution in [1.82, 2.24) is 31.1 Å². The molecule has 0 bridgehead atoms. The molecule has 412 valence electrons. The summed E-state index contributed by atoms with van der Waals surface area (Å²) in [6.45, 7) is 22.8. The number of nitrogens with two attached hydrogens (primary N) is 2. The molecule has 20 nitrogen and oxygen atoms in total. The Labute approximate surface area is 432 Å². The number of thioether (sulfide) groups is 2. The van der Waals surface area contributed by atoms with Crippen LogP contribution in [0.2, 0.25) is 0 Å². The molecule has 10 N–H and O–H groups in total. The van der Waals surface area contributed by atoms with Gasteiger partial charge in [0.1, 0.15) is 24.2 Å². The molecule has 2 aliphatic carbocycles. The highest BCUT2D eigenvalue weighted by Crippen LogP contribution is 2.36. The highest BCUT2D eigenvalue weighted by atomic mass is 32.3. The van der Waals surface area contributed by atoms with Gasteiger partial charge in [-0.05, 0) is 140 Å². The molecule has 4 atom stereocenters. The van der Waals surface area contributed by atoms with Crippen LogP contribution in [0.1, 0.15) is 159 Å². The molecule has 4 aliphatic rings. The second kappa shape index (κ2) is 30.9. The van der Waals surface area contributed by atoms with Crippen LogP contribution in [-0.4, -0.2) is 159 Å². The van der Waals surface area contributed by atoms with Gasteiger partial charge in [-0.1, -0.05) is 41.5 Å². The number of alkyl carbamates (subject to hydrolysis) is 2. The van der Waals surface area contributed by atoms with Gasteiger partial charge in [-0.25, -0.2) is 9.59 Å². The van der Waals surface area contributed by atoms with Crippen molar-refractivity contribution in [3.05, 3.63) is 0 Å². The van der Waals surface area contributed by atoms with Crippen LogP contribution in [-0.2, 0) is 39.1 Å². The third-order valence-electron chi connectivity index (χ3n) is 13.0. The Balaban J connectivity index is 0.000000444. The van der Waals surface area contributed by atoms with E-state index >= 15 is 0 Å². The Kier molecular flexibility index (Phi) is 27.9. The van der Waals surface area contributed by atoms with E-state index in [1.807, 2.05) is 41.5 Å². The number of rotatable bonds is 20. The van der Waals surface area contributed by atoms with Crippen molar-refractivity contribution >= 4 is 69.7 Å². The monoisotopic (exact) mass is 1070 g/mol.